The zero-order valence-electron chi connectivity index (χ0n) is 7.43. The van der Waals surface area contributed by atoms with E-state index in [9.17, 15) is 13.9 Å². The van der Waals surface area contributed by atoms with E-state index < -0.39 is 19.5 Å². The molecule has 0 radical (unpaired) electrons. The number of hydrogen-bond acceptors (Lipinski definition) is 1. The number of alkyl halides is 2. The van der Waals surface area contributed by atoms with Gasteiger partial charge in [0.15, 0.2) is 0 Å². The molecule has 1 N–H and O–H groups in total. The maximum atomic E-state index is 12.3. The van der Waals surface area contributed by atoms with Crippen LogP contribution in [-0.2, 0) is 13.3 Å². The average Bonchev–Trinajstić information content (AvgIpc) is 2.16. The quantitative estimate of drug-likeness (QED) is 0.769. The van der Waals surface area contributed by atoms with E-state index in [-0.39, 0.29) is 0 Å². The van der Waals surface area contributed by atoms with Crippen LogP contribution in [0.5, 0.6) is 0 Å². The van der Waals surface area contributed by atoms with Gasteiger partial charge >= 0.3 is 0 Å². The normalized spacial score (nSPS) is 12.9. The second-order valence-electron chi connectivity index (χ2n) is 3.03. The summed E-state index contributed by atoms with van der Waals surface area (Å²) in [5.74, 6) is 0. The molecule has 0 aliphatic heterocycles. The first kappa shape index (κ1) is 10.1. The van der Waals surface area contributed by atoms with Crippen LogP contribution in [0.15, 0.2) is 18.2 Å². The highest BCUT2D eigenvalue weighted by molar-refractivity contribution is 5.30. The summed E-state index contributed by atoms with van der Waals surface area (Å²) in [6, 6.07) is 4.56. The molecule has 0 amide bonds. The van der Waals surface area contributed by atoms with Crippen LogP contribution in [0.3, 0.4) is 0 Å². The molecule has 0 heterocycles. The maximum Gasteiger partial charge on any atom is 0.115 e. The first-order valence-corrected chi connectivity index (χ1v) is 4.10. The highest BCUT2D eigenvalue weighted by Crippen LogP contribution is 2.18. The van der Waals surface area contributed by atoms with E-state index in [0.29, 0.717) is 16.7 Å². The van der Waals surface area contributed by atoms with Crippen LogP contribution in [-0.4, -0.2) is 5.11 Å². The van der Waals surface area contributed by atoms with Gasteiger partial charge in [0, 0.05) is 0 Å². The van der Waals surface area contributed by atoms with Crippen molar-refractivity contribution in [2.75, 3.05) is 0 Å². The lowest BCUT2D eigenvalue weighted by atomic mass is 10.0. The van der Waals surface area contributed by atoms with Gasteiger partial charge in [-0.25, -0.2) is 8.78 Å². The van der Waals surface area contributed by atoms with Crippen molar-refractivity contribution in [3.8, 4) is 0 Å². The predicted molar refractivity (Wildman–Crippen MR) is 46.7 cm³/mol. The molecule has 0 aliphatic carbocycles. The third-order valence-electron chi connectivity index (χ3n) is 1.87. The Labute approximate surface area is 76.0 Å². The summed E-state index contributed by atoms with van der Waals surface area (Å²) in [6.45, 7) is 0.306. The number of aliphatic hydroxyl groups excluding tert-OH is 1. The van der Waals surface area contributed by atoms with E-state index in [0.717, 1.165) is 0 Å². The molecule has 1 rings (SSSR count). The molecule has 3 heteroatoms. The van der Waals surface area contributed by atoms with Gasteiger partial charge in [-0.1, -0.05) is 18.2 Å². The highest BCUT2D eigenvalue weighted by atomic mass is 19.1. The molecule has 0 saturated heterocycles. The van der Waals surface area contributed by atoms with Crippen molar-refractivity contribution in [3.63, 3.8) is 0 Å². The van der Waals surface area contributed by atoms with Gasteiger partial charge in [-0.3, -0.25) is 0 Å². The number of rotatable bonds is 3. The number of halogens is 2. The molecule has 0 spiro atoms. The van der Waals surface area contributed by atoms with Crippen LogP contribution < -0.4 is 0 Å². The van der Waals surface area contributed by atoms with Crippen molar-refractivity contribution in [1.82, 2.24) is 0 Å². The molecule has 0 bridgehead atoms. The molecule has 0 saturated carbocycles. The monoisotopic (exact) mass is 186 g/mol. The molecule has 1 nitrogen and oxygen atoms in total. The lowest BCUT2D eigenvalue weighted by Crippen LogP contribution is -1.95. The summed E-state index contributed by atoms with van der Waals surface area (Å²) in [5.41, 5.74) is 1.37. The lowest BCUT2D eigenvalue weighted by Gasteiger charge is -2.08. The Morgan fingerprint density at radius 3 is 1.92 bits per heavy atom. The van der Waals surface area contributed by atoms with Crippen molar-refractivity contribution in [3.05, 3.63) is 34.9 Å². The fourth-order valence-corrected chi connectivity index (χ4v) is 1.19. The van der Waals surface area contributed by atoms with Gasteiger partial charge in [0.05, 0.1) is 6.10 Å². The molecular weight excluding hydrogens is 174 g/mol. The van der Waals surface area contributed by atoms with E-state index in [4.69, 9.17) is 0 Å². The topological polar surface area (TPSA) is 20.2 Å². The Kier molecular flexibility index (Phi) is 3.37. The summed E-state index contributed by atoms with van der Waals surface area (Å²) in [7, 11) is 0. The lowest BCUT2D eigenvalue weighted by molar-refractivity contribution is 0.199. The zero-order chi connectivity index (χ0) is 9.84. The van der Waals surface area contributed by atoms with Gasteiger partial charge in [-0.2, -0.15) is 0 Å². The Morgan fingerprint density at radius 1 is 1.15 bits per heavy atom. The van der Waals surface area contributed by atoms with Crippen LogP contribution in [0.25, 0.3) is 0 Å². The standard InChI is InChI=1S/C10H12F2O/c1-7(13)10-3-8(5-11)2-9(4-10)6-12/h2-4,7,13H,5-6H2,1H3/t7-/m0/s1. The van der Waals surface area contributed by atoms with Crippen molar-refractivity contribution < 1.29 is 13.9 Å². The Bertz CT molecular complexity index is 262. The summed E-state index contributed by atoms with van der Waals surface area (Å²) in [5, 5.41) is 9.22. The van der Waals surface area contributed by atoms with Crippen molar-refractivity contribution >= 4 is 0 Å². The molecule has 13 heavy (non-hydrogen) atoms. The SMILES string of the molecule is C[C@H](O)c1cc(CF)cc(CF)c1. The van der Waals surface area contributed by atoms with E-state index in [1.807, 2.05) is 0 Å². The van der Waals surface area contributed by atoms with Gasteiger partial charge in [-0.15, -0.1) is 0 Å². The molecular formula is C10H12F2O. The molecule has 0 aromatic heterocycles. The van der Waals surface area contributed by atoms with Crippen LogP contribution in [0.2, 0.25) is 0 Å². The molecule has 0 unspecified atom stereocenters. The van der Waals surface area contributed by atoms with Crippen LogP contribution in [0, 0.1) is 0 Å². The fraction of sp³-hybridized carbons (Fsp3) is 0.400. The minimum absolute atomic E-state index is 0.408. The summed E-state index contributed by atoms with van der Waals surface area (Å²) in [4.78, 5) is 0. The van der Waals surface area contributed by atoms with Gasteiger partial charge < -0.3 is 5.11 Å². The smallest absolute Gasteiger partial charge is 0.115 e. The Morgan fingerprint density at radius 2 is 1.62 bits per heavy atom. The predicted octanol–water partition coefficient (Wildman–Crippen LogP) is 2.68. The largest absolute Gasteiger partial charge is 0.389 e. The minimum Gasteiger partial charge on any atom is -0.389 e. The minimum atomic E-state index is -0.684. The zero-order valence-corrected chi connectivity index (χ0v) is 7.43. The van der Waals surface area contributed by atoms with Crippen LogP contribution in [0.4, 0.5) is 8.78 Å². The summed E-state index contributed by atoms with van der Waals surface area (Å²) in [6.07, 6.45) is -0.684. The second-order valence-corrected chi connectivity index (χ2v) is 3.03. The van der Waals surface area contributed by atoms with E-state index >= 15 is 0 Å². The van der Waals surface area contributed by atoms with Gasteiger partial charge in [0.25, 0.3) is 0 Å². The van der Waals surface area contributed by atoms with Crippen LogP contribution >= 0.6 is 0 Å². The molecule has 1 aromatic rings. The third kappa shape index (κ3) is 2.49. The summed E-state index contributed by atoms with van der Waals surface area (Å²) >= 11 is 0. The van der Waals surface area contributed by atoms with Crippen molar-refractivity contribution in [1.29, 1.82) is 0 Å². The van der Waals surface area contributed by atoms with E-state index in [1.165, 1.54) is 6.07 Å². The summed E-state index contributed by atoms with van der Waals surface area (Å²) < 4.78 is 24.6. The molecule has 1 atom stereocenters. The van der Waals surface area contributed by atoms with Gasteiger partial charge in [-0.05, 0) is 23.6 Å². The second kappa shape index (κ2) is 4.33. The Balaban J connectivity index is 3.07. The van der Waals surface area contributed by atoms with Gasteiger partial charge in [0.2, 0.25) is 0 Å². The molecule has 72 valence electrons. The first-order valence-electron chi connectivity index (χ1n) is 4.10. The fourth-order valence-electron chi connectivity index (χ4n) is 1.19. The maximum absolute atomic E-state index is 12.3. The van der Waals surface area contributed by atoms with Crippen LogP contribution in [0.1, 0.15) is 29.7 Å². The van der Waals surface area contributed by atoms with E-state index in [1.54, 1.807) is 19.1 Å². The molecule has 0 fully saturated rings. The number of hydrogen-bond donors (Lipinski definition) is 1. The Hall–Kier alpha value is -0.960. The van der Waals surface area contributed by atoms with E-state index in [2.05, 4.69) is 0 Å². The van der Waals surface area contributed by atoms with Crippen molar-refractivity contribution in [2.24, 2.45) is 0 Å². The molecule has 0 aliphatic rings. The number of benzene rings is 1. The van der Waals surface area contributed by atoms with Crippen molar-refractivity contribution in [2.45, 2.75) is 26.4 Å². The average molecular weight is 186 g/mol. The number of aliphatic hydroxyl groups is 1. The highest BCUT2D eigenvalue weighted by Gasteiger charge is 2.05. The molecule has 1 aromatic carbocycles. The van der Waals surface area contributed by atoms with Gasteiger partial charge in [0.1, 0.15) is 13.3 Å². The third-order valence-corrected chi connectivity index (χ3v) is 1.87. The first-order chi connectivity index (χ1) is 6.17.